The third-order valence-electron chi connectivity index (χ3n) is 3.58. The Kier molecular flexibility index (Phi) is 5.42. The summed E-state index contributed by atoms with van der Waals surface area (Å²) >= 11 is 3.62. The van der Waals surface area contributed by atoms with Gasteiger partial charge in [-0.15, -0.1) is 0 Å². The van der Waals surface area contributed by atoms with Crippen LogP contribution in [0.2, 0.25) is 0 Å². The molecule has 114 valence electrons. The van der Waals surface area contributed by atoms with Gasteiger partial charge in [-0.05, 0) is 37.6 Å². The molecule has 0 spiro atoms. The Hall–Kier alpha value is -1.33. The predicted octanol–water partition coefficient (Wildman–Crippen LogP) is 3.68. The van der Waals surface area contributed by atoms with E-state index >= 15 is 0 Å². The fourth-order valence-electron chi connectivity index (χ4n) is 2.44. The van der Waals surface area contributed by atoms with Crippen molar-refractivity contribution in [2.75, 3.05) is 13.7 Å². The van der Waals surface area contributed by atoms with Gasteiger partial charge in [0.1, 0.15) is 5.69 Å². The second-order valence-corrected chi connectivity index (χ2v) is 5.77. The minimum absolute atomic E-state index is 0.0595. The van der Waals surface area contributed by atoms with Crippen molar-refractivity contribution in [3.05, 3.63) is 45.7 Å². The van der Waals surface area contributed by atoms with Gasteiger partial charge in [-0.25, -0.2) is 0 Å². The van der Waals surface area contributed by atoms with E-state index < -0.39 is 0 Å². The maximum atomic E-state index is 5.50. The normalized spacial score (nSPS) is 12.4. The van der Waals surface area contributed by atoms with Gasteiger partial charge in [0, 0.05) is 11.0 Å². The minimum Gasteiger partial charge on any atom is -0.493 e. The lowest BCUT2D eigenvalue weighted by Crippen LogP contribution is -2.25. The van der Waals surface area contributed by atoms with E-state index in [4.69, 9.17) is 4.74 Å². The molecule has 2 rings (SSSR count). The summed E-state index contributed by atoms with van der Waals surface area (Å²) in [6, 6.07) is 6.50. The van der Waals surface area contributed by atoms with E-state index in [1.165, 1.54) is 11.1 Å². The first-order valence-electron chi connectivity index (χ1n) is 7.21. The van der Waals surface area contributed by atoms with Gasteiger partial charge in [0.25, 0.3) is 0 Å². The van der Waals surface area contributed by atoms with Gasteiger partial charge in [0.05, 0.1) is 19.3 Å². The molecule has 0 radical (unpaired) electrons. The van der Waals surface area contributed by atoms with E-state index in [9.17, 15) is 0 Å². The molecule has 1 aromatic heterocycles. The summed E-state index contributed by atoms with van der Waals surface area (Å²) in [6.07, 6.45) is 1.78. The van der Waals surface area contributed by atoms with Crippen molar-refractivity contribution >= 4 is 15.9 Å². The zero-order chi connectivity index (χ0) is 15.4. The molecule has 1 unspecified atom stereocenters. The number of hydrogen-bond acceptors (Lipinski definition) is 3. The highest BCUT2D eigenvalue weighted by Gasteiger charge is 2.22. The summed E-state index contributed by atoms with van der Waals surface area (Å²) in [5, 5.41) is 7.95. The SMILES string of the molecule is CCNC(c1ccc(C)c(Br)c1)c1c(OC)cnn1CC. The van der Waals surface area contributed by atoms with Crippen LogP contribution in [0.5, 0.6) is 5.75 Å². The molecular weight excluding hydrogens is 330 g/mol. The van der Waals surface area contributed by atoms with Crippen molar-refractivity contribution in [1.29, 1.82) is 0 Å². The molecule has 0 aliphatic carbocycles. The van der Waals surface area contributed by atoms with E-state index in [1.54, 1.807) is 13.3 Å². The Morgan fingerprint density at radius 1 is 1.38 bits per heavy atom. The second kappa shape index (κ2) is 7.09. The van der Waals surface area contributed by atoms with E-state index in [-0.39, 0.29) is 6.04 Å². The number of benzene rings is 1. The van der Waals surface area contributed by atoms with Gasteiger partial charge >= 0.3 is 0 Å². The summed E-state index contributed by atoms with van der Waals surface area (Å²) < 4.78 is 8.60. The molecule has 4 nitrogen and oxygen atoms in total. The van der Waals surface area contributed by atoms with Crippen molar-refractivity contribution in [3.63, 3.8) is 0 Å². The highest BCUT2D eigenvalue weighted by Crippen LogP contribution is 2.32. The van der Waals surface area contributed by atoms with Crippen LogP contribution < -0.4 is 10.1 Å². The molecule has 1 heterocycles. The van der Waals surface area contributed by atoms with E-state index in [2.05, 4.69) is 65.3 Å². The number of halogens is 1. The lowest BCUT2D eigenvalue weighted by Gasteiger charge is -2.21. The first-order chi connectivity index (χ1) is 10.1. The zero-order valence-electron chi connectivity index (χ0n) is 13.0. The quantitative estimate of drug-likeness (QED) is 0.862. The molecule has 1 atom stereocenters. The van der Waals surface area contributed by atoms with Crippen LogP contribution in [0.3, 0.4) is 0 Å². The Labute approximate surface area is 134 Å². The smallest absolute Gasteiger partial charge is 0.161 e. The molecule has 21 heavy (non-hydrogen) atoms. The molecule has 0 saturated carbocycles. The Balaban J connectivity index is 2.52. The molecule has 0 amide bonds. The number of aryl methyl sites for hydroxylation is 2. The van der Waals surface area contributed by atoms with Gasteiger partial charge in [-0.1, -0.05) is 35.0 Å². The largest absolute Gasteiger partial charge is 0.493 e. The predicted molar refractivity (Wildman–Crippen MR) is 88.9 cm³/mol. The van der Waals surface area contributed by atoms with Gasteiger partial charge in [0.2, 0.25) is 0 Å². The minimum atomic E-state index is 0.0595. The van der Waals surface area contributed by atoms with Crippen molar-refractivity contribution in [3.8, 4) is 5.75 Å². The lowest BCUT2D eigenvalue weighted by atomic mass is 10.0. The van der Waals surface area contributed by atoms with Crippen LogP contribution in [0.4, 0.5) is 0 Å². The molecule has 5 heteroatoms. The molecule has 1 N–H and O–H groups in total. The first kappa shape index (κ1) is 16.0. The topological polar surface area (TPSA) is 39.1 Å². The monoisotopic (exact) mass is 351 g/mol. The van der Waals surface area contributed by atoms with Crippen molar-refractivity contribution in [2.45, 2.75) is 33.4 Å². The third kappa shape index (κ3) is 3.30. The maximum Gasteiger partial charge on any atom is 0.161 e. The number of methoxy groups -OCH3 is 1. The van der Waals surface area contributed by atoms with E-state index in [1.807, 2.05) is 4.68 Å². The Morgan fingerprint density at radius 2 is 2.14 bits per heavy atom. The standard InChI is InChI=1S/C16H22BrN3O/c1-5-18-15(12-8-7-11(3)13(17)9-12)16-14(21-4)10-19-20(16)6-2/h7-10,15,18H,5-6H2,1-4H3. The van der Waals surface area contributed by atoms with Gasteiger partial charge in [-0.3, -0.25) is 4.68 Å². The molecule has 1 aromatic carbocycles. The fourth-order valence-corrected chi connectivity index (χ4v) is 2.84. The number of nitrogens with one attached hydrogen (secondary N) is 1. The first-order valence-corrected chi connectivity index (χ1v) is 8.00. The summed E-state index contributed by atoms with van der Waals surface area (Å²) in [5.74, 6) is 0.819. The van der Waals surface area contributed by atoms with Crippen LogP contribution in [0.25, 0.3) is 0 Å². The van der Waals surface area contributed by atoms with E-state index in [0.29, 0.717) is 0 Å². The molecule has 0 aliphatic heterocycles. The number of aromatic nitrogens is 2. The molecule has 0 aliphatic rings. The summed E-state index contributed by atoms with van der Waals surface area (Å²) in [4.78, 5) is 0. The molecule has 0 bridgehead atoms. The number of nitrogens with zero attached hydrogens (tertiary/aromatic N) is 2. The van der Waals surface area contributed by atoms with Gasteiger partial charge < -0.3 is 10.1 Å². The number of hydrogen-bond donors (Lipinski definition) is 1. The van der Waals surface area contributed by atoms with Crippen LogP contribution in [-0.2, 0) is 6.54 Å². The van der Waals surface area contributed by atoms with Crippen LogP contribution in [0.1, 0.15) is 36.7 Å². The van der Waals surface area contributed by atoms with Crippen molar-refractivity contribution < 1.29 is 4.74 Å². The maximum absolute atomic E-state index is 5.50. The van der Waals surface area contributed by atoms with Gasteiger partial charge in [-0.2, -0.15) is 5.10 Å². The fraction of sp³-hybridized carbons (Fsp3) is 0.438. The lowest BCUT2D eigenvalue weighted by molar-refractivity contribution is 0.399. The highest BCUT2D eigenvalue weighted by molar-refractivity contribution is 9.10. The highest BCUT2D eigenvalue weighted by atomic mass is 79.9. The zero-order valence-corrected chi connectivity index (χ0v) is 14.6. The van der Waals surface area contributed by atoms with Gasteiger partial charge in [0.15, 0.2) is 5.75 Å². The average molecular weight is 352 g/mol. The van der Waals surface area contributed by atoms with Crippen molar-refractivity contribution in [2.24, 2.45) is 0 Å². The molecule has 0 fully saturated rings. The number of rotatable bonds is 6. The van der Waals surface area contributed by atoms with Crippen LogP contribution in [-0.4, -0.2) is 23.4 Å². The summed E-state index contributed by atoms with van der Waals surface area (Å²) in [7, 11) is 1.69. The number of ether oxygens (including phenoxy) is 1. The molecule has 2 aromatic rings. The summed E-state index contributed by atoms with van der Waals surface area (Å²) in [6.45, 7) is 7.97. The van der Waals surface area contributed by atoms with Crippen LogP contribution >= 0.6 is 15.9 Å². The Bertz CT molecular complexity index is 588. The summed E-state index contributed by atoms with van der Waals surface area (Å²) in [5.41, 5.74) is 3.49. The van der Waals surface area contributed by atoms with Crippen molar-refractivity contribution in [1.82, 2.24) is 15.1 Å². The second-order valence-electron chi connectivity index (χ2n) is 4.91. The Morgan fingerprint density at radius 3 is 2.71 bits per heavy atom. The van der Waals surface area contributed by atoms with Crippen LogP contribution in [0, 0.1) is 6.92 Å². The molecular formula is C16H22BrN3O. The average Bonchev–Trinajstić information content (AvgIpc) is 2.90. The van der Waals surface area contributed by atoms with Crippen LogP contribution in [0.15, 0.2) is 28.9 Å². The van der Waals surface area contributed by atoms with E-state index in [0.717, 1.165) is 29.0 Å². The molecule has 0 saturated heterocycles. The third-order valence-corrected chi connectivity index (χ3v) is 4.43.